The van der Waals surface area contributed by atoms with E-state index in [1.165, 1.54) is 0 Å². The van der Waals surface area contributed by atoms with E-state index in [0.717, 1.165) is 14.9 Å². The molecule has 2 rings (SSSR count). The minimum Gasteiger partial charge on any atom is -0.345 e. The Kier molecular flexibility index (Phi) is 5.73. The van der Waals surface area contributed by atoms with Crippen molar-refractivity contribution in [2.24, 2.45) is 0 Å². The lowest BCUT2D eigenvalue weighted by Gasteiger charge is -2.15. The molecule has 0 aliphatic carbocycles. The molecule has 2 nitrogen and oxygen atoms in total. The molecule has 21 heavy (non-hydrogen) atoms. The summed E-state index contributed by atoms with van der Waals surface area (Å²) in [5.41, 5.74) is 1.54. The van der Waals surface area contributed by atoms with Gasteiger partial charge in [-0.25, -0.2) is 0 Å². The van der Waals surface area contributed by atoms with E-state index in [2.05, 4.69) is 21.2 Å². The van der Waals surface area contributed by atoms with Crippen molar-refractivity contribution in [2.45, 2.75) is 17.9 Å². The molecule has 2 aromatic carbocycles. The summed E-state index contributed by atoms with van der Waals surface area (Å²) >= 11 is 11.1. The van der Waals surface area contributed by atoms with E-state index in [9.17, 15) is 4.79 Å². The highest BCUT2D eigenvalue weighted by Gasteiger charge is 2.15. The van der Waals surface area contributed by atoms with Crippen molar-refractivity contribution in [3.05, 3.63) is 63.1 Å². The minimum absolute atomic E-state index is 0.0935. The average Bonchev–Trinajstić information content (AvgIpc) is 2.47. The van der Waals surface area contributed by atoms with Crippen LogP contribution in [0.2, 0.25) is 5.02 Å². The lowest BCUT2D eigenvalue weighted by atomic mass is 10.1. The number of amides is 1. The Hall–Kier alpha value is -0.970. The van der Waals surface area contributed by atoms with Crippen LogP contribution in [-0.2, 0) is 0 Å². The average molecular weight is 385 g/mol. The van der Waals surface area contributed by atoms with Crippen molar-refractivity contribution in [2.75, 3.05) is 6.26 Å². The largest absolute Gasteiger partial charge is 0.345 e. The van der Waals surface area contributed by atoms with Gasteiger partial charge in [-0.2, -0.15) is 0 Å². The summed E-state index contributed by atoms with van der Waals surface area (Å²) in [6, 6.07) is 13.3. The van der Waals surface area contributed by atoms with Gasteiger partial charge in [0.05, 0.1) is 16.6 Å². The highest BCUT2D eigenvalue weighted by Crippen LogP contribution is 2.24. The number of rotatable bonds is 4. The molecule has 0 aromatic heterocycles. The van der Waals surface area contributed by atoms with E-state index in [1.807, 2.05) is 49.6 Å². The Balaban J connectivity index is 2.18. The molecule has 2 aromatic rings. The van der Waals surface area contributed by atoms with Gasteiger partial charge >= 0.3 is 0 Å². The summed E-state index contributed by atoms with van der Waals surface area (Å²) in [6.07, 6.45) is 1.97. The molecule has 0 heterocycles. The molecule has 5 heteroatoms. The zero-order chi connectivity index (χ0) is 15.4. The van der Waals surface area contributed by atoms with Crippen molar-refractivity contribution >= 4 is 45.2 Å². The van der Waals surface area contributed by atoms with Gasteiger partial charge in [-0.05, 0) is 49.1 Å². The Labute approximate surface area is 142 Å². The smallest absolute Gasteiger partial charge is 0.253 e. The highest BCUT2D eigenvalue weighted by molar-refractivity contribution is 9.10. The summed E-state index contributed by atoms with van der Waals surface area (Å²) in [4.78, 5) is 13.4. The molecule has 0 fully saturated rings. The number of hydrogen-bond acceptors (Lipinski definition) is 2. The van der Waals surface area contributed by atoms with Gasteiger partial charge in [0.1, 0.15) is 0 Å². The van der Waals surface area contributed by atoms with Crippen LogP contribution >= 0.6 is 39.3 Å². The van der Waals surface area contributed by atoms with E-state index in [0.29, 0.717) is 10.6 Å². The summed E-state index contributed by atoms with van der Waals surface area (Å²) in [7, 11) is 0. The molecule has 1 amide bonds. The standard InChI is InChI=1S/C16H15BrClNOS/c1-10(11-4-3-5-12(17)8-11)19-16(20)14-9-13(21-2)6-7-15(14)18/h3-10H,1-2H3,(H,19,20). The number of benzene rings is 2. The molecule has 0 saturated carbocycles. The first-order chi connectivity index (χ1) is 10.0. The predicted octanol–water partition coefficient (Wildman–Crippen LogP) is 5.32. The lowest BCUT2D eigenvalue weighted by Crippen LogP contribution is -2.26. The maximum Gasteiger partial charge on any atom is 0.253 e. The highest BCUT2D eigenvalue weighted by atomic mass is 79.9. The summed E-state index contributed by atoms with van der Waals surface area (Å²) in [5, 5.41) is 3.44. The van der Waals surface area contributed by atoms with Gasteiger partial charge in [0.2, 0.25) is 0 Å². The maximum atomic E-state index is 12.4. The zero-order valence-corrected chi connectivity index (χ0v) is 14.8. The molecule has 0 radical (unpaired) electrons. The van der Waals surface area contributed by atoms with Crippen molar-refractivity contribution < 1.29 is 4.79 Å². The summed E-state index contributed by atoms with van der Waals surface area (Å²) in [6.45, 7) is 1.95. The fourth-order valence-corrected chi connectivity index (χ4v) is 3.00. The lowest BCUT2D eigenvalue weighted by molar-refractivity contribution is 0.0940. The Bertz CT molecular complexity index is 662. The maximum absolute atomic E-state index is 12.4. The second-order valence-corrected chi connectivity index (χ2v) is 6.80. The van der Waals surface area contributed by atoms with Crippen molar-refractivity contribution in [3.8, 4) is 0 Å². The fraction of sp³-hybridized carbons (Fsp3) is 0.188. The van der Waals surface area contributed by atoms with E-state index in [4.69, 9.17) is 11.6 Å². The van der Waals surface area contributed by atoms with E-state index < -0.39 is 0 Å². The second-order valence-electron chi connectivity index (χ2n) is 4.60. The molecule has 0 aliphatic heterocycles. The van der Waals surface area contributed by atoms with Gasteiger partial charge in [-0.15, -0.1) is 11.8 Å². The Morgan fingerprint density at radius 1 is 1.29 bits per heavy atom. The molecule has 0 saturated heterocycles. The Morgan fingerprint density at radius 2 is 2.05 bits per heavy atom. The van der Waals surface area contributed by atoms with Crippen LogP contribution in [0.25, 0.3) is 0 Å². The SMILES string of the molecule is CSc1ccc(Cl)c(C(=O)NC(C)c2cccc(Br)c2)c1. The molecule has 110 valence electrons. The number of hydrogen-bond donors (Lipinski definition) is 1. The minimum atomic E-state index is -0.164. The monoisotopic (exact) mass is 383 g/mol. The normalized spacial score (nSPS) is 12.0. The molecular formula is C16H15BrClNOS. The number of thioether (sulfide) groups is 1. The van der Waals surface area contributed by atoms with Crippen LogP contribution in [0.5, 0.6) is 0 Å². The molecule has 0 aliphatic rings. The van der Waals surface area contributed by atoms with E-state index in [1.54, 1.807) is 17.8 Å². The van der Waals surface area contributed by atoms with Crippen LogP contribution in [0.1, 0.15) is 28.9 Å². The van der Waals surface area contributed by atoms with Gasteiger partial charge in [0.15, 0.2) is 0 Å². The van der Waals surface area contributed by atoms with Crippen LogP contribution in [0, 0.1) is 0 Å². The second kappa shape index (κ2) is 7.34. The predicted molar refractivity (Wildman–Crippen MR) is 93.3 cm³/mol. The quantitative estimate of drug-likeness (QED) is 0.723. The molecule has 1 atom stereocenters. The molecule has 1 unspecified atom stereocenters. The van der Waals surface area contributed by atoms with Gasteiger partial charge in [0.25, 0.3) is 5.91 Å². The van der Waals surface area contributed by atoms with Crippen LogP contribution in [0.4, 0.5) is 0 Å². The van der Waals surface area contributed by atoms with Crippen molar-refractivity contribution in [3.63, 3.8) is 0 Å². The number of halogens is 2. The van der Waals surface area contributed by atoms with Gasteiger partial charge in [-0.3, -0.25) is 4.79 Å². The molecular weight excluding hydrogens is 370 g/mol. The van der Waals surface area contributed by atoms with E-state index >= 15 is 0 Å². The van der Waals surface area contributed by atoms with Crippen molar-refractivity contribution in [1.82, 2.24) is 5.32 Å². The van der Waals surface area contributed by atoms with E-state index in [-0.39, 0.29) is 11.9 Å². The third-order valence-corrected chi connectivity index (χ3v) is 4.66. The van der Waals surface area contributed by atoms with Gasteiger partial charge in [-0.1, -0.05) is 39.7 Å². The molecule has 0 bridgehead atoms. The van der Waals surface area contributed by atoms with Crippen LogP contribution in [0.3, 0.4) is 0 Å². The van der Waals surface area contributed by atoms with Crippen molar-refractivity contribution in [1.29, 1.82) is 0 Å². The van der Waals surface area contributed by atoms with Crippen LogP contribution in [0.15, 0.2) is 51.8 Å². The Morgan fingerprint density at radius 3 is 2.71 bits per heavy atom. The third-order valence-electron chi connectivity index (χ3n) is 3.11. The first-order valence-electron chi connectivity index (χ1n) is 6.41. The molecule has 0 spiro atoms. The summed E-state index contributed by atoms with van der Waals surface area (Å²) in [5.74, 6) is -0.164. The zero-order valence-electron chi connectivity index (χ0n) is 11.7. The number of carbonyl (C=O) groups excluding carboxylic acids is 1. The van der Waals surface area contributed by atoms with Crippen LogP contribution in [-0.4, -0.2) is 12.2 Å². The van der Waals surface area contributed by atoms with Gasteiger partial charge < -0.3 is 5.32 Å². The van der Waals surface area contributed by atoms with Gasteiger partial charge in [0, 0.05) is 9.37 Å². The molecule has 1 N–H and O–H groups in total. The third kappa shape index (κ3) is 4.25. The first-order valence-corrected chi connectivity index (χ1v) is 8.80. The summed E-state index contributed by atoms with van der Waals surface area (Å²) < 4.78 is 0.989. The van der Waals surface area contributed by atoms with Crippen LogP contribution < -0.4 is 5.32 Å². The number of nitrogens with one attached hydrogen (secondary N) is 1. The topological polar surface area (TPSA) is 29.1 Å². The first kappa shape index (κ1) is 16.4. The number of carbonyl (C=O) groups is 1. The fourth-order valence-electron chi connectivity index (χ4n) is 1.94.